The molecule has 0 radical (unpaired) electrons. The number of aromatic hydroxyl groups is 2. The van der Waals surface area contributed by atoms with Gasteiger partial charge >= 0.3 is 0 Å². The fraction of sp³-hybridized carbons (Fsp3) is 0.276. The number of nitrogens with zero attached hydrogens (tertiary/aromatic N) is 3. The highest BCUT2D eigenvalue weighted by Crippen LogP contribution is 2.33. The lowest BCUT2D eigenvalue weighted by Crippen LogP contribution is -2.10. The second-order valence-corrected chi connectivity index (χ2v) is 10.7. The number of phenols is 2. The first-order valence-corrected chi connectivity index (χ1v) is 11.4. The molecule has 0 unspecified atom stereocenters. The predicted octanol–water partition coefficient (Wildman–Crippen LogP) is 6.88. The van der Waals surface area contributed by atoms with Crippen LogP contribution in [0.3, 0.4) is 0 Å². The summed E-state index contributed by atoms with van der Waals surface area (Å²) in [6, 6.07) is 20.8. The lowest BCUT2D eigenvalue weighted by atomic mass is 9.86. The van der Waals surface area contributed by atoms with Crippen LogP contribution >= 0.6 is 0 Å². The minimum Gasteiger partial charge on any atom is -0.508 e. The molecule has 0 bridgehead atoms. The van der Waals surface area contributed by atoms with Crippen LogP contribution in [0, 0.1) is 0 Å². The summed E-state index contributed by atoms with van der Waals surface area (Å²) in [7, 11) is 0. The number of hydrogen-bond acceptors (Lipinski definition) is 5. The first-order chi connectivity index (χ1) is 15.9. The first-order valence-electron chi connectivity index (χ1n) is 11.4. The van der Waals surface area contributed by atoms with Crippen LogP contribution in [0.15, 0.2) is 66.7 Å². The van der Waals surface area contributed by atoms with Gasteiger partial charge in [0, 0.05) is 17.2 Å². The van der Waals surface area contributed by atoms with Gasteiger partial charge in [0.25, 0.3) is 0 Å². The summed E-state index contributed by atoms with van der Waals surface area (Å²) in [5.41, 5.74) is 4.69. The Morgan fingerprint density at radius 1 is 0.529 bits per heavy atom. The van der Waals surface area contributed by atoms with E-state index in [0.29, 0.717) is 23.0 Å². The van der Waals surface area contributed by atoms with E-state index < -0.39 is 0 Å². The van der Waals surface area contributed by atoms with Crippen LogP contribution in [0.2, 0.25) is 0 Å². The van der Waals surface area contributed by atoms with Crippen LogP contribution in [0.25, 0.3) is 34.2 Å². The van der Waals surface area contributed by atoms with E-state index in [1.165, 1.54) is 23.3 Å². The molecule has 0 aliphatic rings. The van der Waals surface area contributed by atoms with Crippen molar-refractivity contribution in [2.45, 2.75) is 52.4 Å². The Morgan fingerprint density at radius 2 is 0.941 bits per heavy atom. The molecule has 1 aromatic heterocycles. The molecule has 4 aromatic rings. The number of rotatable bonds is 3. The van der Waals surface area contributed by atoms with Crippen LogP contribution < -0.4 is 0 Å². The van der Waals surface area contributed by atoms with Gasteiger partial charge in [0.1, 0.15) is 11.5 Å². The highest BCUT2D eigenvalue weighted by molar-refractivity contribution is 5.70. The standard InChI is InChI=1S/C29H31N3O2/c1-28(2,3)20-11-7-18(8-12-20)25-30-26(19-9-13-21(14-10-19)29(4,5)6)32-27(31-25)23-16-15-22(33)17-24(23)34/h7-17,33-34H,1-6H3. The SMILES string of the molecule is CC(C)(C)c1ccc(-c2nc(-c3ccc(C(C)(C)C)cc3)nc(-c3ccc(O)cc3O)n2)cc1. The van der Waals surface area contributed by atoms with Crippen molar-refractivity contribution in [3.8, 4) is 45.7 Å². The molecule has 0 aliphatic heterocycles. The van der Waals surface area contributed by atoms with Gasteiger partial charge in [-0.3, -0.25) is 0 Å². The summed E-state index contributed by atoms with van der Waals surface area (Å²) in [5, 5.41) is 20.2. The second-order valence-electron chi connectivity index (χ2n) is 10.7. The molecule has 0 atom stereocenters. The zero-order chi connectivity index (χ0) is 24.7. The normalized spacial score (nSPS) is 12.1. The van der Waals surface area contributed by atoms with Crippen molar-refractivity contribution in [2.24, 2.45) is 0 Å². The Hall–Kier alpha value is -3.73. The molecular weight excluding hydrogens is 422 g/mol. The zero-order valence-electron chi connectivity index (χ0n) is 20.6. The van der Waals surface area contributed by atoms with E-state index in [9.17, 15) is 10.2 Å². The van der Waals surface area contributed by atoms with Crippen molar-refractivity contribution < 1.29 is 10.2 Å². The Morgan fingerprint density at radius 3 is 1.32 bits per heavy atom. The summed E-state index contributed by atoms with van der Waals surface area (Å²) in [6.45, 7) is 13.1. The third-order valence-electron chi connectivity index (χ3n) is 5.88. The topological polar surface area (TPSA) is 79.1 Å². The van der Waals surface area contributed by atoms with E-state index in [1.807, 2.05) is 24.3 Å². The summed E-state index contributed by atoms with van der Waals surface area (Å²) in [4.78, 5) is 14.1. The third-order valence-corrected chi connectivity index (χ3v) is 5.88. The van der Waals surface area contributed by atoms with E-state index >= 15 is 0 Å². The molecule has 0 saturated carbocycles. The van der Waals surface area contributed by atoms with Gasteiger partial charge in [-0.25, -0.2) is 15.0 Å². The average Bonchev–Trinajstić information content (AvgIpc) is 2.78. The maximum absolute atomic E-state index is 10.5. The highest BCUT2D eigenvalue weighted by Gasteiger charge is 2.18. The van der Waals surface area contributed by atoms with E-state index in [4.69, 9.17) is 4.98 Å². The summed E-state index contributed by atoms with van der Waals surface area (Å²) in [6.07, 6.45) is 0. The van der Waals surface area contributed by atoms with Crippen LogP contribution in [-0.2, 0) is 10.8 Å². The van der Waals surface area contributed by atoms with Crippen LogP contribution in [0.4, 0.5) is 0 Å². The molecule has 0 saturated heterocycles. The molecule has 0 amide bonds. The quantitative estimate of drug-likeness (QED) is 0.353. The van der Waals surface area contributed by atoms with E-state index in [-0.39, 0.29) is 22.3 Å². The van der Waals surface area contributed by atoms with Crippen molar-refractivity contribution in [3.63, 3.8) is 0 Å². The molecule has 4 rings (SSSR count). The molecule has 174 valence electrons. The van der Waals surface area contributed by atoms with Gasteiger partial charge in [-0.15, -0.1) is 0 Å². The summed E-state index contributed by atoms with van der Waals surface area (Å²) in [5.74, 6) is 1.28. The minimum absolute atomic E-state index is 0.0220. The fourth-order valence-corrected chi connectivity index (χ4v) is 3.70. The maximum Gasteiger partial charge on any atom is 0.167 e. The van der Waals surface area contributed by atoms with Gasteiger partial charge in [-0.2, -0.15) is 0 Å². The third kappa shape index (κ3) is 4.93. The Balaban J connectivity index is 1.86. The predicted molar refractivity (Wildman–Crippen MR) is 137 cm³/mol. The number of phenolic OH excluding ortho intramolecular Hbond substituents is 2. The Bertz CT molecular complexity index is 1240. The van der Waals surface area contributed by atoms with Gasteiger partial charge in [0.2, 0.25) is 0 Å². The molecule has 0 fully saturated rings. The fourth-order valence-electron chi connectivity index (χ4n) is 3.70. The molecule has 5 heteroatoms. The second kappa shape index (κ2) is 8.56. The Kier molecular flexibility index (Phi) is 5.90. The maximum atomic E-state index is 10.5. The van der Waals surface area contributed by atoms with Crippen molar-refractivity contribution in [2.75, 3.05) is 0 Å². The number of aromatic nitrogens is 3. The number of benzene rings is 3. The molecule has 5 nitrogen and oxygen atoms in total. The lowest BCUT2D eigenvalue weighted by Gasteiger charge is -2.19. The number of hydrogen-bond donors (Lipinski definition) is 2. The average molecular weight is 454 g/mol. The van der Waals surface area contributed by atoms with Gasteiger partial charge in [-0.1, -0.05) is 90.1 Å². The molecule has 0 aliphatic carbocycles. The van der Waals surface area contributed by atoms with E-state index in [1.54, 1.807) is 6.07 Å². The van der Waals surface area contributed by atoms with Crippen molar-refractivity contribution in [3.05, 3.63) is 77.9 Å². The molecular formula is C29H31N3O2. The Labute approximate surface area is 201 Å². The van der Waals surface area contributed by atoms with E-state index in [0.717, 1.165) is 11.1 Å². The van der Waals surface area contributed by atoms with E-state index in [2.05, 4.69) is 75.8 Å². The van der Waals surface area contributed by atoms with Crippen molar-refractivity contribution in [1.82, 2.24) is 15.0 Å². The largest absolute Gasteiger partial charge is 0.508 e. The molecule has 0 spiro atoms. The van der Waals surface area contributed by atoms with Crippen LogP contribution in [-0.4, -0.2) is 25.2 Å². The van der Waals surface area contributed by atoms with Crippen molar-refractivity contribution in [1.29, 1.82) is 0 Å². The van der Waals surface area contributed by atoms with Crippen molar-refractivity contribution >= 4 is 0 Å². The van der Waals surface area contributed by atoms with Gasteiger partial charge in [0.15, 0.2) is 17.5 Å². The molecule has 34 heavy (non-hydrogen) atoms. The monoisotopic (exact) mass is 453 g/mol. The van der Waals surface area contributed by atoms with Gasteiger partial charge in [0.05, 0.1) is 5.56 Å². The van der Waals surface area contributed by atoms with Crippen LogP contribution in [0.1, 0.15) is 52.7 Å². The minimum atomic E-state index is -0.0886. The van der Waals surface area contributed by atoms with Gasteiger partial charge < -0.3 is 10.2 Å². The summed E-state index contributed by atoms with van der Waals surface area (Å²) >= 11 is 0. The zero-order valence-corrected chi connectivity index (χ0v) is 20.6. The first kappa shape index (κ1) is 23.4. The molecule has 3 aromatic carbocycles. The van der Waals surface area contributed by atoms with Crippen LogP contribution in [0.5, 0.6) is 11.5 Å². The molecule has 2 N–H and O–H groups in total. The highest BCUT2D eigenvalue weighted by atomic mass is 16.3. The summed E-state index contributed by atoms with van der Waals surface area (Å²) < 4.78 is 0. The molecule has 1 heterocycles. The smallest absolute Gasteiger partial charge is 0.167 e. The lowest BCUT2D eigenvalue weighted by molar-refractivity contribution is 0.451. The van der Waals surface area contributed by atoms with Gasteiger partial charge in [-0.05, 0) is 34.1 Å².